The van der Waals surface area contributed by atoms with Crippen LogP contribution in [-0.4, -0.2) is 48.8 Å². The zero-order chi connectivity index (χ0) is 13.0. The van der Waals surface area contributed by atoms with Gasteiger partial charge in [0.2, 0.25) is 11.8 Å². The molecule has 1 N–H and O–H groups in total. The van der Waals surface area contributed by atoms with Gasteiger partial charge in [-0.3, -0.25) is 15.0 Å². The number of hydrogen-bond donors (Lipinski definition) is 1. The van der Waals surface area contributed by atoms with E-state index in [9.17, 15) is 4.79 Å². The Morgan fingerprint density at radius 3 is 2.83 bits per heavy atom. The van der Waals surface area contributed by atoms with Gasteiger partial charge in [-0.05, 0) is 5.92 Å². The maximum atomic E-state index is 11.8. The number of ether oxygens (including phenoxy) is 1. The molecule has 1 aliphatic rings. The van der Waals surface area contributed by atoms with E-state index >= 15 is 0 Å². The molecule has 0 saturated carbocycles. The molecule has 1 aromatic rings. The van der Waals surface area contributed by atoms with Gasteiger partial charge in [0.05, 0.1) is 25.5 Å². The molecule has 1 aromatic heterocycles. The van der Waals surface area contributed by atoms with E-state index in [1.54, 1.807) is 6.07 Å². The summed E-state index contributed by atoms with van der Waals surface area (Å²) in [6.07, 6.45) is 0. The molecule has 0 atom stereocenters. The van der Waals surface area contributed by atoms with E-state index in [0.717, 1.165) is 18.8 Å². The van der Waals surface area contributed by atoms with Crippen LogP contribution >= 0.6 is 0 Å². The summed E-state index contributed by atoms with van der Waals surface area (Å²) >= 11 is 0. The summed E-state index contributed by atoms with van der Waals surface area (Å²) in [7, 11) is 0. The van der Waals surface area contributed by atoms with Crippen LogP contribution in [0.5, 0.6) is 0 Å². The van der Waals surface area contributed by atoms with Gasteiger partial charge in [0.25, 0.3) is 0 Å². The van der Waals surface area contributed by atoms with Crippen LogP contribution in [0, 0.1) is 0 Å². The van der Waals surface area contributed by atoms with Crippen LogP contribution < -0.4 is 5.32 Å². The van der Waals surface area contributed by atoms with Crippen molar-refractivity contribution < 1.29 is 14.1 Å². The fourth-order valence-electron chi connectivity index (χ4n) is 1.76. The summed E-state index contributed by atoms with van der Waals surface area (Å²) in [4.78, 5) is 13.8. The average Bonchev–Trinajstić information content (AvgIpc) is 2.78. The van der Waals surface area contributed by atoms with E-state index in [1.165, 1.54) is 0 Å². The van der Waals surface area contributed by atoms with Crippen molar-refractivity contribution >= 4 is 11.8 Å². The van der Waals surface area contributed by atoms with Crippen LogP contribution in [0.1, 0.15) is 25.5 Å². The van der Waals surface area contributed by atoms with Gasteiger partial charge in [-0.1, -0.05) is 19.0 Å². The van der Waals surface area contributed by atoms with Gasteiger partial charge < -0.3 is 9.26 Å². The van der Waals surface area contributed by atoms with Gasteiger partial charge in [0, 0.05) is 19.2 Å². The molecule has 1 amide bonds. The fraction of sp³-hybridized carbons (Fsp3) is 0.667. The maximum absolute atomic E-state index is 11.8. The second-order valence-electron chi connectivity index (χ2n) is 4.71. The van der Waals surface area contributed by atoms with Crippen molar-refractivity contribution in [3.63, 3.8) is 0 Å². The monoisotopic (exact) mass is 253 g/mol. The molecule has 1 fully saturated rings. The second kappa shape index (κ2) is 5.97. The number of carbonyl (C=O) groups excluding carboxylic acids is 1. The molecule has 18 heavy (non-hydrogen) atoms. The van der Waals surface area contributed by atoms with Gasteiger partial charge in [0.1, 0.15) is 0 Å². The van der Waals surface area contributed by atoms with Gasteiger partial charge in [-0.25, -0.2) is 0 Å². The highest BCUT2D eigenvalue weighted by atomic mass is 16.5. The molecule has 100 valence electrons. The third-order valence-corrected chi connectivity index (χ3v) is 2.85. The molecule has 2 heterocycles. The Balaban J connectivity index is 1.82. The van der Waals surface area contributed by atoms with Crippen molar-refractivity contribution in [2.75, 3.05) is 38.2 Å². The highest BCUT2D eigenvalue weighted by Crippen LogP contribution is 2.17. The van der Waals surface area contributed by atoms with Gasteiger partial charge in [-0.15, -0.1) is 0 Å². The number of anilines is 1. The Kier molecular flexibility index (Phi) is 4.33. The van der Waals surface area contributed by atoms with E-state index in [4.69, 9.17) is 9.26 Å². The first-order chi connectivity index (χ1) is 8.65. The van der Waals surface area contributed by atoms with Crippen molar-refractivity contribution in [2.45, 2.75) is 19.8 Å². The molecule has 0 aliphatic carbocycles. The minimum Gasteiger partial charge on any atom is -0.379 e. The number of rotatable bonds is 4. The Morgan fingerprint density at radius 2 is 2.22 bits per heavy atom. The van der Waals surface area contributed by atoms with Crippen molar-refractivity contribution in [2.24, 2.45) is 0 Å². The van der Waals surface area contributed by atoms with E-state index in [-0.39, 0.29) is 5.91 Å². The van der Waals surface area contributed by atoms with Crippen LogP contribution in [0.2, 0.25) is 0 Å². The predicted octanol–water partition coefficient (Wildman–Crippen LogP) is 1.07. The quantitative estimate of drug-likeness (QED) is 0.869. The molecule has 6 heteroatoms. The molecule has 0 aromatic carbocycles. The standard InChI is InChI=1S/C12H19N3O3/c1-9(2)10-7-12(18-14-10)13-11(16)8-15-3-5-17-6-4-15/h7,9H,3-6,8H2,1-2H3,(H,13,16). The summed E-state index contributed by atoms with van der Waals surface area (Å²) in [5.74, 6) is 0.624. The lowest BCUT2D eigenvalue weighted by Crippen LogP contribution is -2.41. The number of amides is 1. The number of nitrogens with one attached hydrogen (secondary N) is 1. The predicted molar refractivity (Wildman–Crippen MR) is 66.5 cm³/mol. The Labute approximate surface area is 106 Å². The summed E-state index contributed by atoms with van der Waals surface area (Å²) < 4.78 is 10.3. The number of aromatic nitrogens is 1. The van der Waals surface area contributed by atoms with Crippen molar-refractivity contribution in [1.29, 1.82) is 0 Å². The minimum atomic E-state index is -0.0802. The van der Waals surface area contributed by atoms with E-state index in [1.807, 2.05) is 13.8 Å². The van der Waals surface area contributed by atoms with Crippen LogP contribution in [0.3, 0.4) is 0 Å². The van der Waals surface area contributed by atoms with E-state index in [0.29, 0.717) is 31.6 Å². The summed E-state index contributed by atoms with van der Waals surface area (Å²) in [6, 6.07) is 1.77. The van der Waals surface area contributed by atoms with Crippen LogP contribution in [0.25, 0.3) is 0 Å². The normalized spacial score (nSPS) is 17.1. The highest BCUT2D eigenvalue weighted by Gasteiger charge is 2.16. The van der Waals surface area contributed by atoms with Crippen molar-refractivity contribution in [3.8, 4) is 0 Å². The van der Waals surface area contributed by atoms with E-state index < -0.39 is 0 Å². The third-order valence-electron chi connectivity index (χ3n) is 2.85. The van der Waals surface area contributed by atoms with Crippen LogP contribution in [-0.2, 0) is 9.53 Å². The van der Waals surface area contributed by atoms with Crippen molar-refractivity contribution in [3.05, 3.63) is 11.8 Å². The molecule has 0 spiro atoms. The van der Waals surface area contributed by atoms with Crippen LogP contribution in [0.4, 0.5) is 5.88 Å². The maximum Gasteiger partial charge on any atom is 0.240 e. The molecule has 6 nitrogen and oxygen atoms in total. The summed E-state index contributed by atoms with van der Waals surface area (Å²) in [6.45, 7) is 7.37. The number of nitrogens with zero attached hydrogens (tertiary/aromatic N) is 2. The van der Waals surface area contributed by atoms with Crippen molar-refractivity contribution in [1.82, 2.24) is 10.1 Å². The third kappa shape index (κ3) is 3.54. The van der Waals surface area contributed by atoms with Gasteiger partial charge in [0.15, 0.2) is 0 Å². The Morgan fingerprint density at radius 1 is 1.50 bits per heavy atom. The van der Waals surface area contributed by atoms with Gasteiger partial charge in [-0.2, -0.15) is 0 Å². The Hall–Kier alpha value is -1.40. The average molecular weight is 253 g/mol. The smallest absolute Gasteiger partial charge is 0.240 e. The minimum absolute atomic E-state index is 0.0802. The lowest BCUT2D eigenvalue weighted by molar-refractivity contribution is -0.118. The molecule has 0 unspecified atom stereocenters. The Bertz CT molecular complexity index is 397. The highest BCUT2D eigenvalue weighted by molar-refractivity contribution is 5.90. The number of hydrogen-bond acceptors (Lipinski definition) is 5. The fourth-order valence-corrected chi connectivity index (χ4v) is 1.76. The number of morpholine rings is 1. The van der Waals surface area contributed by atoms with Gasteiger partial charge >= 0.3 is 0 Å². The molecule has 1 saturated heterocycles. The molecule has 0 bridgehead atoms. The molecule has 1 aliphatic heterocycles. The molecular formula is C12H19N3O3. The van der Waals surface area contributed by atoms with E-state index in [2.05, 4.69) is 15.4 Å². The number of carbonyl (C=O) groups is 1. The van der Waals surface area contributed by atoms with Crippen LogP contribution in [0.15, 0.2) is 10.6 Å². The zero-order valence-electron chi connectivity index (χ0n) is 10.8. The SMILES string of the molecule is CC(C)c1cc(NC(=O)CN2CCOCC2)on1. The first-order valence-corrected chi connectivity index (χ1v) is 6.21. The summed E-state index contributed by atoms with van der Waals surface area (Å²) in [5, 5.41) is 6.61. The first kappa shape index (κ1) is 13.0. The topological polar surface area (TPSA) is 67.6 Å². The lowest BCUT2D eigenvalue weighted by atomic mass is 10.1. The molecular weight excluding hydrogens is 234 g/mol. The lowest BCUT2D eigenvalue weighted by Gasteiger charge is -2.25. The largest absolute Gasteiger partial charge is 0.379 e. The molecule has 2 rings (SSSR count). The second-order valence-corrected chi connectivity index (χ2v) is 4.71. The summed E-state index contributed by atoms with van der Waals surface area (Å²) in [5.41, 5.74) is 0.844. The zero-order valence-corrected chi connectivity index (χ0v) is 10.8. The first-order valence-electron chi connectivity index (χ1n) is 6.21. The molecule has 0 radical (unpaired) electrons.